The predicted octanol–water partition coefficient (Wildman–Crippen LogP) is 4.51. The normalized spacial score (nSPS) is 15.3. The van der Waals surface area contributed by atoms with Crippen molar-refractivity contribution in [3.05, 3.63) is 68.7 Å². The van der Waals surface area contributed by atoms with Crippen LogP contribution in [-0.4, -0.2) is 41.7 Å². The van der Waals surface area contributed by atoms with Crippen molar-refractivity contribution in [3.8, 4) is 0 Å². The molecule has 6 nitrogen and oxygen atoms in total. The van der Waals surface area contributed by atoms with Gasteiger partial charge >= 0.3 is 6.18 Å². The molecule has 0 bridgehead atoms. The lowest BCUT2D eigenvalue weighted by atomic mass is 10.0. The minimum absolute atomic E-state index is 0.0170. The van der Waals surface area contributed by atoms with Crippen LogP contribution in [0.1, 0.15) is 36.5 Å². The van der Waals surface area contributed by atoms with Crippen molar-refractivity contribution in [2.75, 3.05) is 18.8 Å². The molecule has 0 spiro atoms. The minimum Gasteiger partial charge on any atom is -0.299 e. The van der Waals surface area contributed by atoms with Gasteiger partial charge in [-0.15, -0.1) is 0 Å². The summed E-state index contributed by atoms with van der Waals surface area (Å²) in [6.45, 7) is 2.89. The molecule has 0 radical (unpaired) electrons. The fourth-order valence-corrected chi connectivity index (χ4v) is 5.56. The van der Waals surface area contributed by atoms with Gasteiger partial charge in [0, 0.05) is 11.6 Å². The lowest BCUT2D eigenvalue weighted by molar-refractivity contribution is -0.138. The SMILES string of the molecule is CCS(=O)(=O)c1ccc(Cl)cc1Cn1cnc2cc(CN3CCCC3)c(C(F)(F)F)cc2c1=O. The third-order valence-electron chi connectivity index (χ3n) is 6.03. The number of aromatic nitrogens is 2. The molecule has 1 fully saturated rings. The molecule has 4 rings (SSSR count). The van der Waals surface area contributed by atoms with Crippen LogP contribution in [0.2, 0.25) is 5.02 Å². The largest absolute Gasteiger partial charge is 0.416 e. The molecule has 11 heteroatoms. The first-order valence-electron chi connectivity index (χ1n) is 10.8. The van der Waals surface area contributed by atoms with Gasteiger partial charge in [-0.25, -0.2) is 13.4 Å². The Bertz CT molecular complexity index is 1400. The van der Waals surface area contributed by atoms with Gasteiger partial charge in [-0.2, -0.15) is 13.2 Å². The molecule has 1 aliphatic heterocycles. The highest BCUT2D eigenvalue weighted by atomic mass is 35.5. The van der Waals surface area contributed by atoms with Crippen molar-refractivity contribution in [2.24, 2.45) is 0 Å². The van der Waals surface area contributed by atoms with Crippen LogP contribution < -0.4 is 5.56 Å². The summed E-state index contributed by atoms with van der Waals surface area (Å²) < 4.78 is 67.7. The quantitative estimate of drug-likeness (QED) is 0.485. The van der Waals surface area contributed by atoms with Gasteiger partial charge in [0.15, 0.2) is 9.84 Å². The molecule has 0 N–H and O–H groups in total. The smallest absolute Gasteiger partial charge is 0.299 e. The van der Waals surface area contributed by atoms with E-state index in [1.165, 1.54) is 37.5 Å². The second-order valence-corrected chi connectivity index (χ2v) is 11.0. The number of hydrogen-bond donors (Lipinski definition) is 0. The Morgan fingerprint density at radius 1 is 1.06 bits per heavy atom. The number of fused-ring (bicyclic) bond motifs is 1. The zero-order chi connectivity index (χ0) is 24.7. The van der Waals surface area contributed by atoms with Gasteiger partial charge < -0.3 is 0 Å². The van der Waals surface area contributed by atoms with Crippen molar-refractivity contribution < 1.29 is 21.6 Å². The fraction of sp³-hybridized carbons (Fsp3) is 0.391. The molecule has 1 aromatic heterocycles. The maximum atomic E-state index is 13.9. The lowest BCUT2D eigenvalue weighted by Crippen LogP contribution is -2.24. The van der Waals surface area contributed by atoms with Crippen molar-refractivity contribution in [1.82, 2.24) is 14.5 Å². The van der Waals surface area contributed by atoms with Gasteiger partial charge in [-0.1, -0.05) is 18.5 Å². The van der Waals surface area contributed by atoms with Crippen molar-refractivity contribution in [3.63, 3.8) is 0 Å². The highest BCUT2D eigenvalue weighted by Gasteiger charge is 2.35. The molecule has 182 valence electrons. The first kappa shape index (κ1) is 24.7. The molecule has 0 atom stereocenters. The highest BCUT2D eigenvalue weighted by molar-refractivity contribution is 7.91. The Hall–Kier alpha value is -2.43. The Balaban J connectivity index is 1.81. The number of likely N-dealkylation sites (tertiary alicyclic amines) is 1. The number of alkyl halides is 3. The average Bonchev–Trinajstić information content (AvgIpc) is 3.27. The van der Waals surface area contributed by atoms with E-state index in [1.807, 2.05) is 4.90 Å². The zero-order valence-electron chi connectivity index (χ0n) is 18.4. The monoisotopic (exact) mass is 513 g/mol. The van der Waals surface area contributed by atoms with Crippen molar-refractivity contribution in [2.45, 2.75) is 43.9 Å². The number of halogens is 4. The summed E-state index contributed by atoms with van der Waals surface area (Å²) in [6, 6.07) is 6.42. The Labute approximate surface area is 199 Å². The topological polar surface area (TPSA) is 72.3 Å². The van der Waals surface area contributed by atoms with Gasteiger partial charge in [0.2, 0.25) is 0 Å². The van der Waals surface area contributed by atoms with E-state index in [-0.39, 0.29) is 50.8 Å². The second kappa shape index (κ2) is 9.31. The van der Waals surface area contributed by atoms with Crippen LogP contribution >= 0.6 is 11.6 Å². The van der Waals surface area contributed by atoms with Crippen LogP contribution in [0.25, 0.3) is 10.9 Å². The molecule has 3 aromatic rings. The van der Waals surface area contributed by atoms with Crippen molar-refractivity contribution in [1.29, 1.82) is 0 Å². The Morgan fingerprint density at radius 3 is 2.41 bits per heavy atom. The van der Waals surface area contributed by atoms with Crippen LogP contribution in [0.15, 0.2) is 46.3 Å². The number of hydrogen-bond acceptors (Lipinski definition) is 5. The van der Waals surface area contributed by atoms with Crippen molar-refractivity contribution >= 4 is 32.3 Å². The van der Waals surface area contributed by atoms with E-state index in [0.717, 1.165) is 36.6 Å². The van der Waals surface area contributed by atoms with E-state index >= 15 is 0 Å². The summed E-state index contributed by atoms with van der Waals surface area (Å²) in [5.74, 6) is -0.152. The summed E-state index contributed by atoms with van der Waals surface area (Å²) in [7, 11) is -3.61. The van der Waals surface area contributed by atoms with Crippen LogP contribution in [0.3, 0.4) is 0 Å². The fourth-order valence-electron chi connectivity index (χ4n) is 4.25. The number of rotatable bonds is 6. The molecule has 0 aliphatic carbocycles. The van der Waals surface area contributed by atoms with Crippen LogP contribution in [0.5, 0.6) is 0 Å². The Morgan fingerprint density at radius 2 is 1.76 bits per heavy atom. The standard InChI is InChI=1S/C23H23ClF3N3O3S/c1-2-34(32,33)21-6-5-17(24)9-16(21)13-30-14-28-20-10-15(12-29-7-3-4-8-29)19(23(25,26)27)11-18(20)22(30)31/h5-6,9-11,14H,2-4,7-8,12-13H2,1H3. The molecule has 1 aliphatic rings. The van der Waals surface area contributed by atoms with Gasteiger partial charge in [0.25, 0.3) is 5.56 Å². The molecule has 0 amide bonds. The Kier molecular flexibility index (Phi) is 6.76. The van der Waals surface area contributed by atoms with E-state index < -0.39 is 27.1 Å². The predicted molar refractivity (Wildman–Crippen MR) is 124 cm³/mol. The summed E-state index contributed by atoms with van der Waals surface area (Å²) in [5, 5.41) is 0.0969. The van der Waals surface area contributed by atoms with Gasteiger partial charge in [0.1, 0.15) is 0 Å². The average molecular weight is 514 g/mol. The molecule has 0 unspecified atom stereocenters. The third kappa shape index (κ3) is 4.99. The summed E-state index contributed by atoms with van der Waals surface area (Å²) in [5.41, 5.74) is -1.04. The molecular formula is C23H23ClF3N3O3S. The van der Waals surface area contributed by atoms with Crippen LogP contribution in [0.4, 0.5) is 13.2 Å². The zero-order valence-corrected chi connectivity index (χ0v) is 20.0. The molecule has 2 heterocycles. The van der Waals surface area contributed by atoms with E-state index in [1.54, 1.807) is 0 Å². The third-order valence-corrected chi connectivity index (χ3v) is 8.09. The molecule has 1 saturated heterocycles. The maximum absolute atomic E-state index is 13.9. The van der Waals surface area contributed by atoms with E-state index in [4.69, 9.17) is 11.6 Å². The molecule has 2 aromatic carbocycles. The molecule has 0 saturated carbocycles. The van der Waals surface area contributed by atoms with Gasteiger partial charge in [0.05, 0.1) is 40.0 Å². The number of sulfone groups is 1. The summed E-state index contributed by atoms with van der Waals surface area (Å²) in [4.78, 5) is 19.3. The summed E-state index contributed by atoms with van der Waals surface area (Å²) >= 11 is 6.04. The van der Waals surface area contributed by atoms with Gasteiger partial charge in [-0.3, -0.25) is 14.3 Å². The van der Waals surface area contributed by atoms with Gasteiger partial charge in [-0.05, 0) is 67.4 Å². The van der Waals surface area contributed by atoms with E-state index in [2.05, 4.69) is 4.98 Å². The number of benzene rings is 2. The minimum atomic E-state index is -4.63. The molecule has 34 heavy (non-hydrogen) atoms. The van der Waals surface area contributed by atoms with E-state index in [0.29, 0.717) is 0 Å². The first-order valence-corrected chi connectivity index (χ1v) is 12.9. The van der Waals surface area contributed by atoms with E-state index in [9.17, 15) is 26.4 Å². The summed E-state index contributed by atoms with van der Waals surface area (Å²) in [6.07, 6.45) is -1.53. The lowest BCUT2D eigenvalue weighted by Gasteiger charge is -2.19. The molecular weight excluding hydrogens is 491 g/mol. The first-order chi connectivity index (χ1) is 16.0. The highest BCUT2D eigenvalue weighted by Crippen LogP contribution is 2.35. The second-order valence-electron chi connectivity index (χ2n) is 8.34. The van der Waals surface area contributed by atoms with Crippen LogP contribution in [0, 0.1) is 0 Å². The number of nitrogens with zero attached hydrogens (tertiary/aromatic N) is 3. The maximum Gasteiger partial charge on any atom is 0.416 e. The van der Waals surface area contributed by atoms with Crippen LogP contribution in [-0.2, 0) is 29.1 Å².